The molecule has 0 aliphatic heterocycles. The van der Waals surface area contributed by atoms with Crippen LogP contribution in [-0.2, 0) is 0 Å². The van der Waals surface area contributed by atoms with E-state index in [2.05, 4.69) is 10.6 Å². The van der Waals surface area contributed by atoms with Crippen molar-refractivity contribution in [3.05, 3.63) is 51.2 Å². The lowest BCUT2D eigenvalue weighted by molar-refractivity contribution is 0.0962. The van der Waals surface area contributed by atoms with E-state index in [-0.39, 0.29) is 11.8 Å². The van der Waals surface area contributed by atoms with Gasteiger partial charge in [-0.05, 0) is 49.7 Å². The number of nitrogens with one attached hydrogen (secondary N) is 2. The fourth-order valence-corrected chi connectivity index (χ4v) is 2.66. The van der Waals surface area contributed by atoms with Gasteiger partial charge >= 0.3 is 0 Å². The highest BCUT2D eigenvalue weighted by Crippen LogP contribution is 2.21. The van der Waals surface area contributed by atoms with Crippen LogP contribution in [0.15, 0.2) is 30.3 Å². The quantitative estimate of drug-likeness (QED) is 0.912. The first kappa shape index (κ1) is 14.3. The second-order valence-electron chi connectivity index (χ2n) is 4.46. The average molecular weight is 288 g/mol. The first-order valence-electron chi connectivity index (χ1n) is 6.22. The molecule has 0 aliphatic carbocycles. The van der Waals surface area contributed by atoms with Gasteiger partial charge < -0.3 is 10.6 Å². The highest BCUT2D eigenvalue weighted by molar-refractivity contribution is 7.14. The topological polar surface area (TPSA) is 58.2 Å². The molecule has 0 saturated carbocycles. The van der Waals surface area contributed by atoms with E-state index in [9.17, 15) is 9.59 Å². The average Bonchev–Trinajstić information content (AvgIpc) is 2.79. The van der Waals surface area contributed by atoms with Crippen LogP contribution in [-0.4, -0.2) is 18.9 Å². The van der Waals surface area contributed by atoms with E-state index < -0.39 is 0 Å². The molecule has 2 rings (SSSR count). The summed E-state index contributed by atoms with van der Waals surface area (Å²) in [5.41, 5.74) is 2.36. The molecule has 0 radical (unpaired) electrons. The Hall–Kier alpha value is -2.14. The van der Waals surface area contributed by atoms with Crippen molar-refractivity contribution in [3.8, 4) is 0 Å². The molecule has 0 saturated heterocycles. The Bertz CT molecular complexity index is 625. The maximum absolute atomic E-state index is 12.1. The lowest BCUT2D eigenvalue weighted by Crippen LogP contribution is -2.17. The zero-order valence-electron chi connectivity index (χ0n) is 11.6. The minimum Gasteiger partial charge on any atom is -0.355 e. The molecule has 0 aliphatic rings. The van der Waals surface area contributed by atoms with Gasteiger partial charge in [-0.25, -0.2) is 0 Å². The molecule has 2 aromatic rings. The van der Waals surface area contributed by atoms with E-state index in [4.69, 9.17) is 0 Å². The highest BCUT2D eigenvalue weighted by atomic mass is 32.1. The molecule has 1 aromatic carbocycles. The largest absolute Gasteiger partial charge is 0.355 e. The summed E-state index contributed by atoms with van der Waals surface area (Å²) >= 11 is 1.48. The SMILES string of the molecule is CNC(=O)c1ccc(NC(=O)c2cc(C)c(C)s2)cc1. The van der Waals surface area contributed by atoms with Gasteiger partial charge in [0.15, 0.2) is 0 Å². The molecule has 0 spiro atoms. The molecule has 0 fully saturated rings. The second kappa shape index (κ2) is 5.88. The Morgan fingerprint density at radius 1 is 1.05 bits per heavy atom. The fraction of sp³-hybridized carbons (Fsp3) is 0.200. The van der Waals surface area contributed by atoms with Gasteiger partial charge in [0, 0.05) is 23.2 Å². The Morgan fingerprint density at radius 3 is 2.20 bits per heavy atom. The number of hydrogen-bond acceptors (Lipinski definition) is 3. The van der Waals surface area contributed by atoms with Crippen LogP contribution in [0.5, 0.6) is 0 Å². The minimum atomic E-state index is -0.146. The lowest BCUT2D eigenvalue weighted by atomic mass is 10.2. The monoisotopic (exact) mass is 288 g/mol. The molecule has 1 heterocycles. The maximum atomic E-state index is 12.1. The van der Waals surface area contributed by atoms with Gasteiger partial charge in [0.05, 0.1) is 4.88 Å². The van der Waals surface area contributed by atoms with Crippen molar-refractivity contribution in [2.24, 2.45) is 0 Å². The van der Waals surface area contributed by atoms with Crippen LogP contribution in [0.4, 0.5) is 5.69 Å². The maximum Gasteiger partial charge on any atom is 0.265 e. The van der Waals surface area contributed by atoms with Crippen molar-refractivity contribution in [3.63, 3.8) is 0 Å². The molecular weight excluding hydrogens is 272 g/mol. The number of benzene rings is 1. The summed E-state index contributed by atoms with van der Waals surface area (Å²) in [6, 6.07) is 8.68. The van der Waals surface area contributed by atoms with E-state index in [0.717, 1.165) is 10.4 Å². The van der Waals surface area contributed by atoms with Crippen LogP contribution in [0.2, 0.25) is 0 Å². The molecule has 5 heteroatoms. The molecule has 2 N–H and O–H groups in total. The van der Waals surface area contributed by atoms with Gasteiger partial charge in [-0.3, -0.25) is 9.59 Å². The number of aryl methyl sites for hydroxylation is 2. The first-order chi connectivity index (χ1) is 9.51. The summed E-state index contributed by atoms with van der Waals surface area (Å²) in [6.45, 7) is 3.98. The van der Waals surface area contributed by atoms with E-state index in [1.54, 1.807) is 31.3 Å². The first-order valence-corrected chi connectivity index (χ1v) is 7.03. The van der Waals surface area contributed by atoms with Crippen LogP contribution in [0.3, 0.4) is 0 Å². The Kier molecular flexibility index (Phi) is 4.20. The van der Waals surface area contributed by atoms with E-state index in [0.29, 0.717) is 16.1 Å². The van der Waals surface area contributed by atoms with Crippen molar-refractivity contribution < 1.29 is 9.59 Å². The van der Waals surface area contributed by atoms with Gasteiger partial charge in [0.1, 0.15) is 0 Å². The lowest BCUT2D eigenvalue weighted by Gasteiger charge is -2.05. The van der Waals surface area contributed by atoms with Gasteiger partial charge in [0.25, 0.3) is 11.8 Å². The number of thiophene rings is 1. The summed E-state index contributed by atoms with van der Waals surface area (Å²) in [4.78, 5) is 25.3. The van der Waals surface area contributed by atoms with Crippen LogP contribution in [0.25, 0.3) is 0 Å². The summed E-state index contributed by atoms with van der Waals surface area (Å²) in [5, 5.41) is 5.37. The smallest absolute Gasteiger partial charge is 0.265 e. The summed E-state index contributed by atoms with van der Waals surface area (Å²) in [7, 11) is 1.58. The van der Waals surface area contributed by atoms with Crippen molar-refractivity contribution in [2.75, 3.05) is 12.4 Å². The second-order valence-corrected chi connectivity index (χ2v) is 5.72. The molecule has 1 aromatic heterocycles. The molecule has 0 atom stereocenters. The molecular formula is C15H16N2O2S. The number of anilines is 1. The minimum absolute atomic E-state index is 0.126. The van der Waals surface area contributed by atoms with E-state index in [1.165, 1.54) is 11.3 Å². The van der Waals surface area contributed by atoms with Crippen LogP contribution < -0.4 is 10.6 Å². The number of carbonyl (C=O) groups excluding carboxylic acids is 2. The van der Waals surface area contributed by atoms with Crippen LogP contribution in [0, 0.1) is 13.8 Å². The van der Waals surface area contributed by atoms with Crippen LogP contribution in [0.1, 0.15) is 30.5 Å². The van der Waals surface area contributed by atoms with E-state index in [1.807, 2.05) is 19.9 Å². The fourth-order valence-electron chi connectivity index (χ4n) is 1.73. The van der Waals surface area contributed by atoms with Gasteiger partial charge in [-0.15, -0.1) is 11.3 Å². The predicted molar refractivity (Wildman–Crippen MR) is 81.6 cm³/mol. The zero-order chi connectivity index (χ0) is 14.7. The van der Waals surface area contributed by atoms with Crippen molar-refractivity contribution in [2.45, 2.75) is 13.8 Å². The number of hydrogen-bond donors (Lipinski definition) is 2. The molecule has 20 heavy (non-hydrogen) atoms. The number of carbonyl (C=O) groups is 2. The molecule has 2 amide bonds. The van der Waals surface area contributed by atoms with E-state index >= 15 is 0 Å². The molecule has 104 valence electrons. The molecule has 4 nitrogen and oxygen atoms in total. The number of rotatable bonds is 3. The van der Waals surface area contributed by atoms with Crippen LogP contribution >= 0.6 is 11.3 Å². The normalized spacial score (nSPS) is 10.2. The zero-order valence-corrected chi connectivity index (χ0v) is 12.4. The number of amides is 2. The summed E-state index contributed by atoms with van der Waals surface area (Å²) < 4.78 is 0. The van der Waals surface area contributed by atoms with Crippen molar-refractivity contribution in [1.29, 1.82) is 0 Å². The highest BCUT2D eigenvalue weighted by Gasteiger charge is 2.11. The third-order valence-corrected chi connectivity index (χ3v) is 4.17. The van der Waals surface area contributed by atoms with Gasteiger partial charge in [-0.1, -0.05) is 0 Å². The third-order valence-electron chi connectivity index (χ3n) is 3.02. The Labute approximate surface area is 121 Å². The van der Waals surface area contributed by atoms with Gasteiger partial charge in [-0.2, -0.15) is 0 Å². The Balaban J connectivity index is 2.10. The Morgan fingerprint density at radius 2 is 1.70 bits per heavy atom. The standard InChI is InChI=1S/C15H16N2O2S/c1-9-8-13(20-10(9)2)15(19)17-12-6-4-11(5-7-12)14(18)16-3/h4-8H,1-3H3,(H,16,18)(H,17,19). The third kappa shape index (κ3) is 3.05. The summed E-state index contributed by atoms with van der Waals surface area (Å²) in [6.07, 6.45) is 0. The molecule has 0 unspecified atom stereocenters. The molecule has 0 bridgehead atoms. The van der Waals surface area contributed by atoms with Gasteiger partial charge in [0.2, 0.25) is 0 Å². The summed E-state index contributed by atoms with van der Waals surface area (Å²) in [5.74, 6) is -0.272. The predicted octanol–water partition coefficient (Wildman–Crippen LogP) is 2.98. The van der Waals surface area contributed by atoms with Crippen molar-refractivity contribution >= 4 is 28.8 Å². The van der Waals surface area contributed by atoms with Crippen molar-refractivity contribution in [1.82, 2.24) is 5.32 Å².